The van der Waals surface area contributed by atoms with Crippen molar-refractivity contribution in [3.05, 3.63) is 78.9 Å². The van der Waals surface area contributed by atoms with Gasteiger partial charge in [-0.1, -0.05) is 6.58 Å². The lowest BCUT2D eigenvalue weighted by molar-refractivity contribution is -0.127. The minimum Gasteiger partial charge on any atom is -0.456 e. The summed E-state index contributed by atoms with van der Waals surface area (Å²) in [6.07, 6.45) is 9.28. The third-order valence-corrected chi connectivity index (χ3v) is 6.22. The van der Waals surface area contributed by atoms with Crippen molar-refractivity contribution in [2.45, 2.75) is 18.9 Å². The fourth-order valence-electron chi connectivity index (χ4n) is 4.49. The van der Waals surface area contributed by atoms with Crippen LogP contribution in [0.15, 0.2) is 67.8 Å². The van der Waals surface area contributed by atoms with Crippen molar-refractivity contribution in [3.63, 3.8) is 0 Å². The maximum atomic E-state index is 12.2. The molecule has 9 heteroatoms. The number of amides is 1. The highest BCUT2D eigenvalue weighted by atomic mass is 16.5. The number of nitrogens with zero attached hydrogens (tertiary/aromatic N) is 7. The molecule has 5 rings (SSSR count). The molecule has 1 aromatic carbocycles. The van der Waals surface area contributed by atoms with Crippen LogP contribution in [0.25, 0.3) is 22.2 Å². The molecule has 0 radical (unpaired) electrons. The summed E-state index contributed by atoms with van der Waals surface area (Å²) in [6, 6.07) is 13.2. The third kappa shape index (κ3) is 4.15. The van der Waals surface area contributed by atoms with E-state index in [2.05, 4.69) is 28.7 Å². The Balaban J connectivity index is 1.52. The van der Waals surface area contributed by atoms with Gasteiger partial charge in [0.25, 0.3) is 0 Å². The summed E-state index contributed by atoms with van der Waals surface area (Å²) in [5.74, 6) is 0.878. The van der Waals surface area contributed by atoms with Crippen LogP contribution in [0.3, 0.4) is 0 Å². The molecule has 0 bridgehead atoms. The number of carbonyl (C=O) groups excluding carboxylic acids is 1. The number of ether oxygens (including phenoxy) is 1. The molecule has 4 aromatic rings. The molecule has 1 unspecified atom stereocenters. The Bertz CT molecular complexity index is 1540. The van der Waals surface area contributed by atoms with Crippen LogP contribution in [0.1, 0.15) is 30.0 Å². The number of likely N-dealkylation sites (tertiary alicyclic amines) is 1. The number of hydrogen-bond acceptors (Lipinski definition) is 7. The molecular weight excluding hydrogens is 454 g/mol. The van der Waals surface area contributed by atoms with Gasteiger partial charge < -0.3 is 9.64 Å². The highest BCUT2D eigenvalue weighted by Crippen LogP contribution is 2.35. The summed E-state index contributed by atoms with van der Waals surface area (Å²) in [6.45, 7) is 4.77. The van der Waals surface area contributed by atoms with Gasteiger partial charge in [-0.3, -0.25) is 19.4 Å². The van der Waals surface area contributed by atoms with Gasteiger partial charge in [0.2, 0.25) is 5.91 Å². The van der Waals surface area contributed by atoms with Crippen LogP contribution in [0, 0.1) is 22.7 Å². The molecule has 0 aliphatic carbocycles. The van der Waals surface area contributed by atoms with Crippen molar-refractivity contribution in [1.29, 1.82) is 10.5 Å². The Morgan fingerprint density at radius 1 is 1.08 bits per heavy atom. The molecule has 0 spiro atoms. The van der Waals surface area contributed by atoms with E-state index in [9.17, 15) is 15.3 Å². The maximum Gasteiger partial charge on any atom is 0.246 e. The van der Waals surface area contributed by atoms with Gasteiger partial charge in [-0.05, 0) is 43.2 Å². The van der Waals surface area contributed by atoms with Gasteiger partial charge in [0.05, 0.1) is 17.1 Å². The molecular formula is C27H21N7O2. The van der Waals surface area contributed by atoms with E-state index in [0.717, 1.165) is 23.8 Å². The van der Waals surface area contributed by atoms with E-state index >= 15 is 0 Å². The zero-order valence-corrected chi connectivity index (χ0v) is 19.3. The Labute approximate surface area is 207 Å². The molecule has 176 valence electrons. The van der Waals surface area contributed by atoms with Crippen LogP contribution in [0.5, 0.6) is 11.5 Å². The van der Waals surface area contributed by atoms with E-state index in [1.807, 2.05) is 16.8 Å². The Kier molecular flexibility index (Phi) is 6.12. The zero-order valence-electron chi connectivity index (χ0n) is 19.3. The molecule has 9 nitrogen and oxygen atoms in total. The van der Waals surface area contributed by atoms with E-state index in [0.29, 0.717) is 46.9 Å². The lowest BCUT2D eigenvalue weighted by Crippen LogP contribution is -2.40. The number of rotatable bonds is 5. The Morgan fingerprint density at radius 2 is 1.86 bits per heavy atom. The van der Waals surface area contributed by atoms with Crippen LogP contribution < -0.4 is 4.74 Å². The maximum absolute atomic E-state index is 12.2. The summed E-state index contributed by atoms with van der Waals surface area (Å²) < 4.78 is 7.74. The van der Waals surface area contributed by atoms with Gasteiger partial charge in [0, 0.05) is 54.9 Å². The molecule has 4 heterocycles. The van der Waals surface area contributed by atoms with Crippen LogP contribution in [0.4, 0.5) is 0 Å². The van der Waals surface area contributed by atoms with Crippen molar-refractivity contribution < 1.29 is 9.53 Å². The van der Waals surface area contributed by atoms with Crippen molar-refractivity contribution in [2.75, 3.05) is 13.1 Å². The second-order valence-electron chi connectivity index (χ2n) is 8.38. The first-order valence-electron chi connectivity index (χ1n) is 11.4. The second kappa shape index (κ2) is 9.69. The number of aromatic nitrogens is 4. The molecule has 36 heavy (non-hydrogen) atoms. The predicted molar refractivity (Wildman–Crippen MR) is 132 cm³/mol. The standard InChI is InChI=1S/C27H21N7O2/c1-2-25(35)33-11-3-4-21(17-33)34-27-20(13-29)15-31-16-23(27)26(32-34)18-5-7-22(8-6-18)36-24-9-10-30-14-19(24)12-28/h2,5-10,14-16,21H,1,3-4,11,17H2. The number of benzene rings is 1. The van der Waals surface area contributed by atoms with Gasteiger partial charge in [0.1, 0.15) is 34.9 Å². The summed E-state index contributed by atoms with van der Waals surface area (Å²) in [4.78, 5) is 22.2. The Morgan fingerprint density at radius 3 is 2.61 bits per heavy atom. The minimum absolute atomic E-state index is 0.0768. The first kappa shape index (κ1) is 22.8. The van der Waals surface area contributed by atoms with Crippen molar-refractivity contribution in [1.82, 2.24) is 24.6 Å². The lowest BCUT2D eigenvalue weighted by Gasteiger charge is -2.32. The van der Waals surface area contributed by atoms with E-state index in [1.54, 1.807) is 35.5 Å². The predicted octanol–water partition coefficient (Wildman–Crippen LogP) is 4.38. The number of hydrogen-bond donors (Lipinski definition) is 0. The largest absolute Gasteiger partial charge is 0.456 e. The number of piperidine rings is 1. The molecule has 1 amide bonds. The quantitative estimate of drug-likeness (QED) is 0.393. The summed E-state index contributed by atoms with van der Waals surface area (Å²) >= 11 is 0. The number of pyridine rings is 2. The van der Waals surface area contributed by atoms with E-state index in [4.69, 9.17) is 9.84 Å². The molecule has 3 aromatic heterocycles. The second-order valence-corrected chi connectivity index (χ2v) is 8.38. The number of nitriles is 2. The van der Waals surface area contributed by atoms with Crippen molar-refractivity contribution >= 4 is 16.8 Å². The summed E-state index contributed by atoms with van der Waals surface area (Å²) in [5.41, 5.74) is 3.00. The topological polar surface area (TPSA) is 121 Å². The van der Waals surface area contributed by atoms with Crippen LogP contribution >= 0.6 is 0 Å². The van der Waals surface area contributed by atoms with E-state index in [-0.39, 0.29) is 11.9 Å². The summed E-state index contributed by atoms with van der Waals surface area (Å²) in [7, 11) is 0. The average molecular weight is 476 g/mol. The first-order chi connectivity index (χ1) is 17.6. The average Bonchev–Trinajstić information content (AvgIpc) is 3.33. The van der Waals surface area contributed by atoms with Crippen molar-refractivity contribution in [3.8, 4) is 34.9 Å². The van der Waals surface area contributed by atoms with Crippen LogP contribution in [0.2, 0.25) is 0 Å². The van der Waals surface area contributed by atoms with Gasteiger partial charge in [-0.25, -0.2) is 0 Å². The summed E-state index contributed by atoms with van der Waals surface area (Å²) in [5, 5.41) is 24.7. The van der Waals surface area contributed by atoms with Gasteiger partial charge in [-0.2, -0.15) is 15.6 Å². The lowest BCUT2D eigenvalue weighted by atomic mass is 10.0. The van der Waals surface area contributed by atoms with Gasteiger partial charge >= 0.3 is 0 Å². The third-order valence-electron chi connectivity index (χ3n) is 6.22. The van der Waals surface area contributed by atoms with Crippen LogP contribution in [-0.4, -0.2) is 43.6 Å². The fraction of sp³-hybridized carbons (Fsp3) is 0.185. The van der Waals surface area contributed by atoms with Crippen LogP contribution in [-0.2, 0) is 4.79 Å². The van der Waals surface area contributed by atoms with Crippen molar-refractivity contribution in [2.24, 2.45) is 0 Å². The highest BCUT2D eigenvalue weighted by molar-refractivity contribution is 5.95. The monoisotopic (exact) mass is 475 g/mol. The van der Waals surface area contributed by atoms with Gasteiger partial charge in [0.15, 0.2) is 0 Å². The zero-order chi connectivity index (χ0) is 25.1. The molecule has 1 atom stereocenters. The fourth-order valence-corrected chi connectivity index (χ4v) is 4.49. The van der Waals surface area contributed by atoms with E-state index < -0.39 is 0 Å². The molecule has 1 aliphatic rings. The molecule has 1 fully saturated rings. The number of fused-ring (bicyclic) bond motifs is 1. The highest BCUT2D eigenvalue weighted by Gasteiger charge is 2.27. The smallest absolute Gasteiger partial charge is 0.246 e. The van der Waals surface area contributed by atoms with Gasteiger partial charge in [-0.15, -0.1) is 0 Å². The SMILES string of the molecule is C=CC(=O)N1CCCC(n2nc(-c3ccc(Oc4ccncc4C#N)cc3)c3cncc(C#N)c32)C1. The Hall–Kier alpha value is -5.02. The minimum atomic E-state index is -0.108. The molecule has 0 N–H and O–H groups in total. The molecule has 1 aliphatic heterocycles. The molecule has 1 saturated heterocycles. The normalized spacial score (nSPS) is 15.2. The first-order valence-corrected chi connectivity index (χ1v) is 11.4. The van der Waals surface area contributed by atoms with E-state index in [1.165, 1.54) is 18.5 Å². The molecule has 0 saturated carbocycles. The number of carbonyl (C=O) groups is 1.